The summed E-state index contributed by atoms with van der Waals surface area (Å²) in [5.74, 6) is 0. The van der Waals surface area contributed by atoms with Gasteiger partial charge in [0, 0.05) is 24.8 Å². The predicted octanol–water partition coefficient (Wildman–Crippen LogP) is 4.29. The van der Waals surface area contributed by atoms with Crippen LogP contribution in [-0.4, -0.2) is 22.0 Å². The first kappa shape index (κ1) is 13.7. The quantitative estimate of drug-likeness (QED) is 0.838. The number of aromatic nitrogens is 1. The number of nitrogens with zero attached hydrogens (tertiary/aromatic N) is 2. The number of rotatable bonds is 3. The number of hydrogen-bond donors (Lipinski definition) is 0. The molecule has 22 heavy (non-hydrogen) atoms. The highest BCUT2D eigenvalue weighted by atomic mass is 15.2. The maximum Gasteiger partial charge on any atom is 0.0659 e. The van der Waals surface area contributed by atoms with E-state index in [9.17, 15) is 0 Å². The zero-order valence-electron chi connectivity index (χ0n) is 12.9. The first-order chi connectivity index (χ1) is 10.9. The topological polar surface area (TPSA) is 16.1 Å². The molecule has 1 saturated heterocycles. The van der Waals surface area contributed by atoms with Crippen molar-refractivity contribution in [2.45, 2.75) is 44.3 Å². The van der Waals surface area contributed by atoms with Gasteiger partial charge in [-0.3, -0.25) is 9.88 Å². The van der Waals surface area contributed by atoms with E-state index in [0.717, 1.165) is 13.0 Å². The van der Waals surface area contributed by atoms with E-state index < -0.39 is 0 Å². The van der Waals surface area contributed by atoms with E-state index >= 15 is 0 Å². The van der Waals surface area contributed by atoms with Crippen molar-refractivity contribution in [1.82, 2.24) is 9.88 Å². The van der Waals surface area contributed by atoms with Gasteiger partial charge in [0.15, 0.2) is 0 Å². The fourth-order valence-corrected chi connectivity index (χ4v) is 3.90. The molecule has 2 aromatic rings. The Morgan fingerprint density at radius 1 is 1.00 bits per heavy atom. The minimum absolute atomic E-state index is 0.574. The zero-order valence-corrected chi connectivity index (χ0v) is 12.9. The molecule has 112 valence electrons. The first-order valence-corrected chi connectivity index (χ1v) is 8.32. The average molecular weight is 290 g/mol. The van der Waals surface area contributed by atoms with Gasteiger partial charge in [0.05, 0.1) is 5.69 Å². The summed E-state index contributed by atoms with van der Waals surface area (Å²) in [6, 6.07) is 18.3. The standard InChI is InChI=1S/C20H22N2/c1-2-7-16(8-3-1)15-22-18-9-6-10-19(22)14-17(13-18)20-11-4-5-12-21-20/h1-5,7-8,11-13,18-19H,6,9-10,14-15H2. The van der Waals surface area contributed by atoms with E-state index in [1.165, 1.54) is 36.1 Å². The molecule has 2 aliphatic heterocycles. The molecule has 0 saturated carbocycles. The molecule has 0 spiro atoms. The summed E-state index contributed by atoms with van der Waals surface area (Å²) in [7, 11) is 0. The lowest BCUT2D eigenvalue weighted by atomic mass is 9.83. The van der Waals surface area contributed by atoms with Gasteiger partial charge in [-0.25, -0.2) is 0 Å². The second-order valence-corrected chi connectivity index (χ2v) is 6.42. The normalized spacial score (nSPS) is 24.8. The minimum Gasteiger partial charge on any atom is -0.289 e. The maximum absolute atomic E-state index is 4.55. The second kappa shape index (κ2) is 6.05. The smallest absolute Gasteiger partial charge is 0.0659 e. The van der Waals surface area contributed by atoms with Gasteiger partial charge in [-0.15, -0.1) is 0 Å². The van der Waals surface area contributed by atoms with E-state index in [2.05, 4.69) is 58.4 Å². The molecule has 2 unspecified atom stereocenters. The molecule has 0 radical (unpaired) electrons. The Bertz CT molecular complexity index is 648. The van der Waals surface area contributed by atoms with Crippen LogP contribution in [0.4, 0.5) is 0 Å². The summed E-state index contributed by atoms with van der Waals surface area (Å²) in [6.07, 6.45) is 9.46. The molecule has 1 fully saturated rings. The lowest BCUT2D eigenvalue weighted by molar-refractivity contribution is 0.0950. The van der Waals surface area contributed by atoms with Gasteiger partial charge in [-0.2, -0.15) is 0 Å². The Labute approximate surface area is 132 Å². The molecular weight excluding hydrogens is 268 g/mol. The highest BCUT2D eigenvalue weighted by Gasteiger charge is 2.34. The summed E-state index contributed by atoms with van der Waals surface area (Å²) in [6.45, 7) is 1.07. The number of hydrogen-bond acceptors (Lipinski definition) is 2. The largest absolute Gasteiger partial charge is 0.289 e. The molecule has 0 aliphatic carbocycles. The third kappa shape index (κ3) is 2.71. The van der Waals surface area contributed by atoms with Gasteiger partial charge >= 0.3 is 0 Å². The second-order valence-electron chi connectivity index (χ2n) is 6.42. The van der Waals surface area contributed by atoms with E-state index in [1.54, 1.807) is 0 Å². The Hall–Kier alpha value is -1.93. The molecule has 2 nitrogen and oxygen atoms in total. The van der Waals surface area contributed by atoms with Crippen molar-refractivity contribution < 1.29 is 0 Å². The first-order valence-electron chi connectivity index (χ1n) is 8.32. The van der Waals surface area contributed by atoms with E-state index in [4.69, 9.17) is 0 Å². The van der Waals surface area contributed by atoms with E-state index in [-0.39, 0.29) is 0 Å². The zero-order chi connectivity index (χ0) is 14.8. The van der Waals surface area contributed by atoms with Crippen LogP contribution in [0.1, 0.15) is 36.9 Å². The fourth-order valence-electron chi connectivity index (χ4n) is 3.90. The highest BCUT2D eigenvalue weighted by molar-refractivity contribution is 5.64. The lowest BCUT2D eigenvalue weighted by Crippen LogP contribution is -2.47. The maximum atomic E-state index is 4.55. The number of fused-ring (bicyclic) bond motifs is 2. The van der Waals surface area contributed by atoms with Gasteiger partial charge in [-0.05, 0) is 42.5 Å². The van der Waals surface area contributed by atoms with Crippen molar-refractivity contribution in [3.8, 4) is 0 Å². The van der Waals surface area contributed by atoms with Gasteiger partial charge in [0.1, 0.15) is 0 Å². The van der Waals surface area contributed by atoms with Crippen LogP contribution < -0.4 is 0 Å². The van der Waals surface area contributed by atoms with Crippen LogP contribution in [0.15, 0.2) is 60.8 Å². The SMILES string of the molecule is C1=C(c2ccccn2)CC2CCCC1N2Cc1ccccc1. The molecule has 1 aromatic carbocycles. The molecular formula is C20H22N2. The Kier molecular flexibility index (Phi) is 3.77. The lowest BCUT2D eigenvalue weighted by Gasteiger charge is -2.45. The molecule has 2 atom stereocenters. The van der Waals surface area contributed by atoms with Crippen molar-refractivity contribution in [3.05, 3.63) is 72.1 Å². The minimum atomic E-state index is 0.574. The van der Waals surface area contributed by atoms with Crippen molar-refractivity contribution >= 4 is 5.57 Å². The average Bonchev–Trinajstić information content (AvgIpc) is 2.56. The Morgan fingerprint density at radius 2 is 1.86 bits per heavy atom. The van der Waals surface area contributed by atoms with Crippen molar-refractivity contribution in [3.63, 3.8) is 0 Å². The summed E-state index contributed by atoms with van der Waals surface area (Å²) < 4.78 is 0. The molecule has 0 amide bonds. The molecule has 0 N–H and O–H groups in total. The van der Waals surface area contributed by atoms with Gasteiger partial charge in [-0.1, -0.05) is 48.9 Å². The Morgan fingerprint density at radius 3 is 2.64 bits per heavy atom. The third-order valence-electron chi connectivity index (χ3n) is 4.98. The number of pyridine rings is 1. The summed E-state index contributed by atoms with van der Waals surface area (Å²) in [5.41, 5.74) is 4.03. The molecule has 4 rings (SSSR count). The van der Waals surface area contributed by atoms with Crippen molar-refractivity contribution in [1.29, 1.82) is 0 Å². The van der Waals surface area contributed by atoms with Crippen LogP contribution in [0.25, 0.3) is 5.57 Å². The summed E-state index contributed by atoms with van der Waals surface area (Å²) in [4.78, 5) is 7.25. The van der Waals surface area contributed by atoms with Gasteiger partial charge in [0.25, 0.3) is 0 Å². The summed E-state index contributed by atoms with van der Waals surface area (Å²) >= 11 is 0. The highest BCUT2D eigenvalue weighted by Crippen LogP contribution is 2.37. The molecule has 2 bridgehead atoms. The number of piperidine rings is 1. The van der Waals surface area contributed by atoms with Crippen molar-refractivity contribution in [2.24, 2.45) is 0 Å². The molecule has 2 aliphatic rings. The van der Waals surface area contributed by atoms with Crippen LogP contribution in [0.3, 0.4) is 0 Å². The van der Waals surface area contributed by atoms with Crippen LogP contribution in [0.5, 0.6) is 0 Å². The molecule has 3 heterocycles. The molecule has 2 heteroatoms. The molecule has 1 aromatic heterocycles. The van der Waals surface area contributed by atoms with Gasteiger partial charge in [0.2, 0.25) is 0 Å². The van der Waals surface area contributed by atoms with Crippen molar-refractivity contribution in [2.75, 3.05) is 0 Å². The Balaban J connectivity index is 1.60. The van der Waals surface area contributed by atoms with Crippen LogP contribution in [0.2, 0.25) is 0 Å². The third-order valence-corrected chi connectivity index (χ3v) is 4.98. The van der Waals surface area contributed by atoms with E-state index in [1.807, 2.05) is 12.3 Å². The van der Waals surface area contributed by atoms with Crippen LogP contribution in [0, 0.1) is 0 Å². The summed E-state index contributed by atoms with van der Waals surface area (Å²) in [5, 5.41) is 0. The monoisotopic (exact) mass is 290 g/mol. The predicted molar refractivity (Wildman–Crippen MR) is 90.2 cm³/mol. The van der Waals surface area contributed by atoms with E-state index in [0.29, 0.717) is 12.1 Å². The van der Waals surface area contributed by atoms with Gasteiger partial charge < -0.3 is 0 Å². The fraction of sp³-hybridized carbons (Fsp3) is 0.350. The van der Waals surface area contributed by atoms with Crippen LogP contribution in [-0.2, 0) is 6.54 Å². The number of benzene rings is 1. The van der Waals surface area contributed by atoms with Crippen LogP contribution >= 0.6 is 0 Å².